The molecule has 0 saturated carbocycles. The van der Waals surface area contributed by atoms with E-state index in [1.54, 1.807) is 6.20 Å². The predicted octanol–water partition coefficient (Wildman–Crippen LogP) is 1.37. The lowest BCUT2D eigenvalue weighted by Gasteiger charge is -2.26. The molecule has 1 aliphatic rings. The summed E-state index contributed by atoms with van der Waals surface area (Å²) in [5, 5.41) is 4.09. The van der Waals surface area contributed by atoms with Crippen LogP contribution in [-0.2, 0) is 15.6 Å². The molecule has 0 atom stereocenters. The third-order valence-electron chi connectivity index (χ3n) is 3.45. The lowest BCUT2D eigenvalue weighted by Crippen LogP contribution is -2.45. The van der Waals surface area contributed by atoms with Crippen LogP contribution in [0.2, 0.25) is 0 Å². The van der Waals surface area contributed by atoms with Crippen molar-refractivity contribution in [1.82, 2.24) is 10.3 Å². The first-order valence-electron chi connectivity index (χ1n) is 6.38. The van der Waals surface area contributed by atoms with Gasteiger partial charge in [0.1, 0.15) is 0 Å². The quantitative estimate of drug-likeness (QED) is 0.916. The fourth-order valence-corrected chi connectivity index (χ4v) is 4.18. The molecule has 1 N–H and O–H groups in total. The standard InChI is InChI=1S/C14H16N2O2S/c17-19(18,9-11-7-15-8-11)10-13-4-1-3-12-5-2-6-16-14(12)13/h1-6,11,15H,7-10H2. The van der Waals surface area contributed by atoms with Crippen molar-refractivity contribution in [3.05, 3.63) is 42.1 Å². The lowest BCUT2D eigenvalue weighted by atomic mass is 10.1. The highest BCUT2D eigenvalue weighted by Crippen LogP contribution is 2.19. The first kappa shape index (κ1) is 12.6. The third kappa shape index (κ3) is 2.77. The highest BCUT2D eigenvalue weighted by Gasteiger charge is 2.24. The Morgan fingerprint density at radius 3 is 2.74 bits per heavy atom. The fourth-order valence-electron chi connectivity index (χ4n) is 2.41. The smallest absolute Gasteiger partial charge is 0.154 e. The Morgan fingerprint density at radius 2 is 2.00 bits per heavy atom. The predicted molar refractivity (Wildman–Crippen MR) is 75.6 cm³/mol. The van der Waals surface area contributed by atoms with Crippen molar-refractivity contribution in [2.75, 3.05) is 18.8 Å². The van der Waals surface area contributed by atoms with Gasteiger partial charge >= 0.3 is 0 Å². The van der Waals surface area contributed by atoms with Gasteiger partial charge in [-0.1, -0.05) is 24.3 Å². The number of sulfone groups is 1. The van der Waals surface area contributed by atoms with E-state index in [1.807, 2.05) is 30.3 Å². The third-order valence-corrected chi connectivity index (χ3v) is 5.18. The zero-order chi connectivity index (χ0) is 13.3. The highest BCUT2D eigenvalue weighted by molar-refractivity contribution is 7.90. The minimum Gasteiger partial charge on any atom is -0.316 e. The second kappa shape index (κ2) is 4.90. The van der Waals surface area contributed by atoms with Gasteiger partial charge in [-0.05, 0) is 17.5 Å². The van der Waals surface area contributed by atoms with E-state index < -0.39 is 9.84 Å². The molecule has 0 aliphatic carbocycles. The van der Waals surface area contributed by atoms with Gasteiger partial charge in [0, 0.05) is 24.7 Å². The van der Waals surface area contributed by atoms with E-state index in [9.17, 15) is 8.42 Å². The molecule has 0 spiro atoms. The summed E-state index contributed by atoms with van der Waals surface area (Å²) in [5.41, 5.74) is 1.59. The maximum atomic E-state index is 12.2. The Balaban J connectivity index is 1.88. The molecule has 3 rings (SSSR count). The molecule has 1 aromatic carbocycles. The van der Waals surface area contributed by atoms with Gasteiger partial charge in [-0.25, -0.2) is 8.42 Å². The first-order valence-corrected chi connectivity index (χ1v) is 8.20. The number of aromatic nitrogens is 1. The van der Waals surface area contributed by atoms with Gasteiger partial charge in [0.25, 0.3) is 0 Å². The van der Waals surface area contributed by atoms with Crippen LogP contribution in [-0.4, -0.2) is 32.2 Å². The van der Waals surface area contributed by atoms with Crippen LogP contribution in [0.25, 0.3) is 10.9 Å². The Labute approximate surface area is 112 Å². The van der Waals surface area contributed by atoms with E-state index >= 15 is 0 Å². The molecular formula is C14H16N2O2S. The summed E-state index contributed by atoms with van der Waals surface area (Å²) < 4.78 is 24.4. The normalized spacial score (nSPS) is 16.4. The monoisotopic (exact) mass is 276 g/mol. The van der Waals surface area contributed by atoms with E-state index in [1.165, 1.54) is 0 Å². The van der Waals surface area contributed by atoms with Gasteiger partial charge in [-0.15, -0.1) is 0 Å². The van der Waals surface area contributed by atoms with E-state index in [2.05, 4.69) is 10.3 Å². The number of fused-ring (bicyclic) bond motifs is 1. The number of hydrogen-bond acceptors (Lipinski definition) is 4. The summed E-state index contributed by atoms with van der Waals surface area (Å²) in [7, 11) is -3.07. The van der Waals surface area contributed by atoms with Gasteiger partial charge in [0.05, 0.1) is 17.0 Å². The van der Waals surface area contributed by atoms with Crippen molar-refractivity contribution in [3.63, 3.8) is 0 Å². The molecule has 1 saturated heterocycles. The molecular weight excluding hydrogens is 260 g/mol. The first-order chi connectivity index (χ1) is 9.14. The maximum Gasteiger partial charge on any atom is 0.154 e. The molecule has 0 unspecified atom stereocenters. The number of rotatable bonds is 4. The molecule has 2 heterocycles. The molecule has 5 heteroatoms. The average molecular weight is 276 g/mol. The molecule has 1 aromatic heterocycles. The largest absolute Gasteiger partial charge is 0.316 e. The summed E-state index contributed by atoms with van der Waals surface area (Å²) in [5.74, 6) is 0.620. The van der Waals surface area contributed by atoms with Crippen LogP contribution in [0.4, 0.5) is 0 Å². The SMILES string of the molecule is O=S(=O)(Cc1cccc2cccnc12)CC1CNC1. The highest BCUT2D eigenvalue weighted by atomic mass is 32.2. The molecule has 0 amide bonds. The second-order valence-electron chi connectivity index (χ2n) is 5.07. The minimum atomic E-state index is -3.07. The van der Waals surface area contributed by atoms with Crippen LogP contribution in [0.5, 0.6) is 0 Å². The van der Waals surface area contributed by atoms with Gasteiger partial charge in [-0.3, -0.25) is 4.98 Å². The molecule has 100 valence electrons. The molecule has 19 heavy (non-hydrogen) atoms. The molecule has 1 fully saturated rings. The molecule has 4 nitrogen and oxygen atoms in total. The minimum absolute atomic E-state index is 0.0812. The number of benzene rings is 1. The van der Waals surface area contributed by atoms with Crippen molar-refractivity contribution < 1.29 is 8.42 Å². The Kier molecular flexibility index (Phi) is 3.24. The van der Waals surface area contributed by atoms with Crippen LogP contribution in [0.3, 0.4) is 0 Å². The summed E-state index contributed by atoms with van der Waals surface area (Å²) in [6, 6.07) is 9.51. The second-order valence-corrected chi connectivity index (χ2v) is 7.18. The van der Waals surface area contributed by atoms with Crippen LogP contribution in [0.15, 0.2) is 36.5 Å². The van der Waals surface area contributed by atoms with Crippen molar-refractivity contribution in [3.8, 4) is 0 Å². The average Bonchev–Trinajstić information content (AvgIpc) is 2.34. The lowest BCUT2D eigenvalue weighted by molar-refractivity contribution is 0.378. The summed E-state index contributed by atoms with van der Waals surface area (Å²) >= 11 is 0. The van der Waals surface area contributed by atoms with Crippen LogP contribution < -0.4 is 5.32 Å². The number of para-hydroxylation sites is 1. The van der Waals surface area contributed by atoms with Crippen molar-refractivity contribution in [1.29, 1.82) is 0 Å². The van der Waals surface area contributed by atoms with Crippen LogP contribution in [0.1, 0.15) is 5.56 Å². The number of pyridine rings is 1. The zero-order valence-corrected chi connectivity index (χ0v) is 11.4. The maximum absolute atomic E-state index is 12.2. The molecule has 0 radical (unpaired) electrons. The molecule has 2 aromatic rings. The fraction of sp³-hybridized carbons (Fsp3) is 0.357. The van der Waals surface area contributed by atoms with Crippen molar-refractivity contribution in [2.24, 2.45) is 5.92 Å². The van der Waals surface area contributed by atoms with Crippen LogP contribution >= 0.6 is 0 Å². The van der Waals surface area contributed by atoms with E-state index in [4.69, 9.17) is 0 Å². The van der Waals surface area contributed by atoms with Gasteiger partial charge < -0.3 is 5.32 Å². The zero-order valence-electron chi connectivity index (χ0n) is 10.5. The Bertz CT molecular complexity index is 688. The van der Waals surface area contributed by atoms with E-state index in [0.29, 0.717) is 0 Å². The van der Waals surface area contributed by atoms with Gasteiger partial charge in [-0.2, -0.15) is 0 Å². The van der Waals surface area contributed by atoms with E-state index in [-0.39, 0.29) is 17.4 Å². The summed E-state index contributed by atoms with van der Waals surface area (Å²) in [4.78, 5) is 4.30. The van der Waals surface area contributed by atoms with Crippen molar-refractivity contribution >= 4 is 20.7 Å². The molecule has 1 aliphatic heterocycles. The Morgan fingerprint density at radius 1 is 1.21 bits per heavy atom. The van der Waals surface area contributed by atoms with Gasteiger partial charge in [0.15, 0.2) is 9.84 Å². The van der Waals surface area contributed by atoms with Gasteiger partial charge in [0.2, 0.25) is 0 Å². The number of hydrogen-bond donors (Lipinski definition) is 1. The Hall–Kier alpha value is -1.46. The topological polar surface area (TPSA) is 59.1 Å². The summed E-state index contributed by atoms with van der Waals surface area (Å²) in [6.07, 6.45) is 1.70. The summed E-state index contributed by atoms with van der Waals surface area (Å²) in [6.45, 7) is 1.63. The number of nitrogens with one attached hydrogen (secondary N) is 1. The molecule has 0 bridgehead atoms. The van der Waals surface area contributed by atoms with Crippen molar-refractivity contribution in [2.45, 2.75) is 5.75 Å². The van der Waals surface area contributed by atoms with E-state index in [0.717, 1.165) is 29.6 Å². The number of nitrogens with zero attached hydrogens (tertiary/aromatic N) is 1. The van der Waals surface area contributed by atoms with Crippen LogP contribution in [0, 0.1) is 5.92 Å².